The van der Waals surface area contributed by atoms with Crippen LogP contribution in [0, 0.1) is 11.8 Å². The number of halogens is 1. The Morgan fingerprint density at radius 3 is 2.35 bits per heavy atom. The summed E-state index contributed by atoms with van der Waals surface area (Å²) < 4.78 is 0. The van der Waals surface area contributed by atoms with E-state index in [4.69, 9.17) is 11.6 Å². The molecule has 0 bridgehead atoms. The van der Waals surface area contributed by atoms with E-state index in [1.807, 2.05) is 12.1 Å². The van der Waals surface area contributed by atoms with Crippen molar-refractivity contribution in [2.24, 2.45) is 11.8 Å². The fraction of sp³-hybridized carbons (Fsp3) is 0.647. The third-order valence-corrected chi connectivity index (χ3v) is 4.17. The zero-order chi connectivity index (χ0) is 15.3. The summed E-state index contributed by atoms with van der Waals surface area (Å²) in [6.45, 7) is 13.1. The number of hydrogen-bond acceptors (Lipinski definition) is 2. The summed E-state index contributed by atoms with van der Waals surface area (Å²) in [4.78, 5) is 2.30. The van der Waals surface area contributed by atoms with Crippen LogP contribution in [0.1, 0.15) is 40.2 Å². The van der Waals surface area contributed by atoms with E-state index in [0.717, 1.165) is 23.8 Å². The molecular formula is C17H29ClN2. The van der Waals surface area contributed by atoms with Crippen LogP contribution < -0.4 is 10.2 Å². The first-order chi connectivity index (χ1) is 9.34. The normalized spacial score (nSPS) is 13.1. The van der Waals surface area contributed by atoms with Crippen LogP contribution in [0.2, 0.25) is 5.02 Å². The summed E-state index contributed by atoms with van der Waals surface area (Å²) in [6, 6.07) is 6.63. The van der Waals surface area contributed by atoms with Crippen LogP contribution in [0.25, 0.3) is 0 Å². The van der Waals surface area contributed by atoms with E-state index >= 15 is 0 Å². The van der Waals surface area contributed by atoms with Crippen molar-refractivity contribution in [3.8, 4) is 0 Å². The van der Waals surface area contributed by atoms with Crippen molar-refractivity contribution in [2.75, 3.05) is 18.5 Å². The topological polar surface area (TPSA) is 15.3 Å². The first kappa shape index (κ1) is 17.3. The first-order valence-corrected chi connectivity index (χ1v) is 7.93. The lowest BCUT2D eigenvalue weighted by atomic mass is 10.0. The molecule has 0 fully saturated rings. The molecule has 2 nitrogen and oxygen atoms in total. The second-order valence-corrected chi connectivity index (χ2v) is 6.78. The van der Waals surface area contributed by atoms with Gasteiger partial charge in [0, 0.05) is 19.6 Å². The molecule has 0 heterocycles. The zero-order valence-electron chi connectivity index (χ0n) is 13.7. The van der Waals surface area contributed by atoms with Gasteiger partial charge in [0.15, 0.2) is 0 Å². The van der Waals surface area contributed by atoms with Gasteiger partial charge in [-0.05, 0) is 36.9 Å². The van der Waals surface area contributed by atoms with Gasteiger partial charge in [-0.3, -0.25) is 0 Å². The largest absolute Gasteiger partial charge is 0.370 e. The predicted molar refractivity (Wildman–Crippen MR) is 90.7 cm³/mol. The van der Waals surface area contributed by atoms with Crippen LogP contribution in [0.15, 0.2) is 18.2 Å². The molecule has 0 radical (unpaired) electrons. The van der Waals surface area contributed by atoms with Crippen LogP contribution in [0.4, 0.5) is 5.69 Å². The minimum atomic E-state index is 0.457. The van der Waals surface area contributed by atoms with Crippen LogP contribution in [0.3, 0.4) is 0 Å². The Bertz CT molecular complexity index is 415. The molecule has 0 saturated heterocycles. The average Bonchev–Trinajstić information content (AvgIpc) is 2.36. The summed E-state index contributed by atoms with van der Waals surface area (Å²) in [7, 11) is 2.14. The van der Waals surface area contributed by atoms with Crippen LogP contribution in [0.5, 0.6) is 0 Å². The fourth-order valence-electron chi connectivity index (χ4n) is 2.24. The quantitative estimate of drug-likeness (QED) is 0.793. The highest BCUT2D eigenvalue weighted by Crippen LogP contribution is 2.31. The van der Waals surface area contributed by atoms with E-state index in [-0.39, 0.29) is 0 Å². The molecule has 0 spiro atoms. The number of hydrogen-bond donors (Lipinski definition) is 1. The molecule has 0 amide bonds. The predicted octanol–water partition coefficient (Wildman–Crippen LogP) is 4.57. The summed E-state index contributed by atoms with van der Waals surface area (Å²) in [5.41, 5.74) is 2.43. The van der Waals surface area contributed by atoms with Gasteiger partial charge in [-0.2, -0.15) is 0 Å². The van der Waals surface area contributed by atoms with Crippen molar-refractivity contribution in [1.29, 1.82) is 0 Å². The molecule has 1 atom stereocenters. The van der Waals surface area contributed by atoms with Crippen molar-refractivity contribution in [2.45, 2.75) is 47.2 Å². The minimum Gasteiger partial charge on any atom is -0.370 e. The molecule has 0 aromatic heterocycles. The summed E-state index contributed by atoms with van der Waals surface area (Å²) in [6.07, 6.45) is 0. The van der Waals surface area contributed by atoms with Gasteiger partial charge in [0.1, 0.15) is 0 Å². The minimum absolute atomic E-state index is 0.457. The van der Waals surface area contributed by atoms with E-state index in [2.05, 4.69) is 57.9 Å². The maximum atomic E-state index is 6.45. The molecule has 0 aliphatic rings. The highest BCUT2D eigenvalue weighted by atomic mass is 35.5. The maximum Gasteiger partial charge on any atom is 0.0642 e. The second kappa shape index (κ2) is 7.90. The maximum absolute atomic E-state index is 6.45. The summed E-state index contributed by atoms with van der Waals surface area (Å²) >= 11 is 6.45. The Morgan fingerprint density at radius 2 is 1.80 bits per heavy atom. The molecular weight excluding hydrogens is 268 g/mol. The van der Waals surface area contributed by atoms with Crippen LogP contribution >= 0.6 is 11.6 Å². The lowest BCUT2D eigenvalue weighted by Gasteiger charge is -2.32. The van der Waals surface area contributed by atoms with Crippen molar-refractivity contribution in [3.05, 3.63) is 28.8 Å². The average molecular weight is 297 g/mol. The Morgan fingerprint density at radius 1 is 1.15 bits per heavy atom. The van der Waals surface area contributed by atoms with Gasteiger partial charge in [0.05, 0.1) is 10.7 Å². The smallest absolute Gasteiger partial charge is 0.0642 e. The molecule has 1 rings (SSSR count). The fourth-order valence-corrected chi connectivity index (χ4v) is 2.57. The molecule has 3 heteroatoms. The molecule has 1 aromatic rings. The monoisotopic (exact) mass is 296 g/mol. The van der Waals surface area contributed by atoms with Gasteiger partial charge in [-0.1, -0.05) is 51.4 Å². The van der Waals surface area contributed by atoms with E-state index in [0.29, 0.717) is 17.9 Å². The molecule has 0 aliphatic heterocycles. The molecule has 1 aromatic carbocycles. The highest BCUT2D eigenvalue weighted by Gasteiger charge is 2.18. The van der Waals surface area contributed by atoms with E-state index in [1.54, 1.807) is 0 Å². The molecule has 1 N–H and O–H groups in total. The molecule has 114 valence electrons. The summed E-state index contributed by atoms with van der Waals surface area (Å²) in [5.74, 6) is 1.25. The Kier molecular flexibility index (Phi) is 6.84. The van der Waals surface area contributed by atoms with Crippen LogP contribution in [-0.4, -0.2) is 19.6 Å². The Balaban J connectivity index is 2.93. The second-order valence-electron chi connectivity index (χ2n) is 6.37. The first-order valence-electron chi connectivity index (χ1n) is 7.55. The standard InChI is InChI=1S/C17H29ClN2/c1-12(2)10-19-11-15-8-7-9-16(18)17(15)20(6)14(5)13(3)4/h7-9,12-14,19H,10-11H2,1-6H3. The van der Waals surface area contributed by atoms with Gasteiger partial charge in [0.25, 0.3) is 0 Å². The lowest BCUT2D eigenvalue weighted by molar-refractivity contribution is 0.503. The molecule has 20 heavy (non-hydrogen) atoms. The third kappa shape index (κ3) is 4.68. The zero-order valence-corrected chi connectivity index (χ0v) is 14.5. The van der Waals surface area contributed by atoms with Crippen molar-refractivity contribution < 1.29 is 0 Å². The van der Waals surface area contributed by atoms with Crippen molar-refractivity contribution in [1.82, 2.24) is 5.32 Å². The third-order valence-electron chi connectivity index (χ3n) is 3.87. The molecule has 0 saturated carbocycles. The summed E-state index contributed by atoms with van der Waals surface area (Å²) in [5, 5.41) is 4.34. The number of anilines is 1. The number of benzene rings is 1. The molecule has 1 unspecified atom stereocenters. The van der Waals surface area contributed by atoms with Gasteiger partial charge in [-0.25, -0.2) is 0 Å². The Labute approximate surface area is 129 Å². The Hall–Kier alpha value is -0.730. The number of nitrogens with one attached hydrogen (secondary N) is 1. The van der Waals surface area contributed by atoms with Crippen molar-refractivity contribution in [3.63, 3.8) is 0 Å². The molecule has 0 aliphatic carbocycles. The van der Waals surface area contributed by atoms with E-state index in [9.17, 15) is 0 Å². The van der Waals surface area contributed by atoms with Gasteiger partial charge >= 0.3 is 0 Å². The van der Waals surface area contributed by atoms with E-state index in [1.165, 1.54) is 5.56 Å². The van der Waals surface area contributed by atoms with Crippen LogP contribution in [-0.2, 0) is 6.54 Å². The van der Waals surface area contributed by atoms with Gasteiger partial charge < -0.3 is 10.2 Å². The van der Waals surface area contributed by atoms with E-state index < -0.39 is 0 Å². The van der Waals surface area contributed by atoms with Crippen molar-refractivity contribution >= 4 is 17.3 Å². The van der Waals surface area contributed by atoms with Gasteiger partial charge in [0.2, 0.25) is 0 Å². The highest BCUT2D eigenvalue weighted by molar-refractivity contribution is 6.33. The number of para-hydroxylation sites is 1. The van der Waals surface area contributed by atoms with Gasteiger partial charge in [-0.15, -0.1) is 0 Å². The number of rotatable bonds is 7. The number of nitrogens with zero attached hydrogens (tertiary/aromatic N) is 1. The lowest BCUT2D eigenvalue weighted by Crippen LogP contribution is -2.34. The SMILES string of the molecule is CC(C)CNCc1cccc(Cl)c1N(C)C(C)C(C)C.